The van der Waals surface area contributed by atoms with Gasteiger partial charge in [-0.2, -0.15) is 0 Å². The molecule has 0 radical (unpaired) electrons. The molecule has 2 amide bonds. The van der Waals surface area contributed by atoms with Crippen molar-refractivity contribution in [2.45, 2.75) is 19.8 Å². The van der Waals surface area contributed by atoms with Gasteiger partial charge in [0.2, 0.25) is 11.8 Å². The summed E-state index contributed by atoms with van der Waals surface area (Å²) < 4.78 is 5.10. The van der Waals surface area contributed by atoms with Gasteiger partial charge in [0.1, 0.15) is 5.75 Å². The van der Waals surface area contributed by atoms with Crippen LogP contribution in [0.15, 0.2) is 24.3 Å². The summed E-state index contributed by atoms with van der Waals surface area (Å²) >= 11 is 0. The Bertz CT molecular complexity index is 502. The average Bonchev–Trinajstić information content (AvgIpc) is 3.25. The minimum Gasteiger partial charge on any atom is -0.497 e. The first-order valence-electron chi connectivity index (χ1n) is 6.88. The Hall–Kier alpha value is -2.04. The molecule has 108 valence electrons. The van der Waals surface area contributed by atoms with Crippen LogP contribution < -0.4 is 15.4 Å². The molecule has 1 aliphatic carbocycles. The molecule has 5 nitrogen and oxygen atoms in total. The standard InChI is InChI=1S/C15H20N2O3/c1-3-7-16-14(18)12-9-13(12)15(19)17-10-5-4-6-11(8-10)20-2/h4-6,8,12-13H,3,7,9H2,1-2H3,(H,16,18)(H,17,19). The van der Waals surface area contributed by atoms with Gasteiger partial charge in [0.25, 0.3) is 0 Å². The minimum atomic E-state index is -0.210. The number of carbonyl (C=O) groups excluding carboxylic acids is 2. The van der Waals surface area contributed by atoms with Crippen LogP contribution in [0.1, 0.15) is 19.8 Å². The van der Waals surface area contributed by atoms with Crippen molar-refractivity contribution in [3.8, 4) is 5.75 Å². The average molecular weight is 276 g/mol. The molecule has 5 heteroatoms. The van der Waals surface area contributed by atoms with Crippen LogP contribution >= 0.6 is 0 Å². The molecule has 1 aliphatic rings. The van der Waals surface area contributed by atoms with E-state index in [2.05, 4.69) is 10.6 Å². The fourth-order valence-corrected chi connectivity index (χ4v) is 2.09. The van der Waals surface area contributed by atoms with E-state index in [0.717, 1.165) is 6.42 Å². The first kappa shape index (κ1) is 14.4. The van der Waals surface area contributed by atoms with Gasteiger partial charge in [-0.25, -0.2) is 0 Å². The van der Waals surface area contributed by atoms with E-state index in [1.165, 1.54) is 0 Å². The lowest BCUT2D eigenvalue weighted by molar-refractivity contribution is -0.125. The molecular formula is C15H20N2O3. The van der Waals surface area contributed by atoms with Gasteiger partial charge in [-0.1, -0.05) is 13.0 Å². The Balaban J connectivity index is 1.86. The maximum atomic E-state index is 12.0. The maximum absolute atomic E-state index is 12.0. The van der Waals surface area contributed by atoms with Gasteiger partial charge in [0, 0.05) is 18.3 Å². The summed E-state index contributed by atoms with van der Waals surface area (Å²) in [4.78, 5) is 23.8. The smallest absolute Gasteiger partial charge is 0.228 e. The van der Waals surface area contributed by atoms with Gasteiger partial charge in [-0.15, -0.1) is 0 Å². The number of amides is 2. The van der Waals surface area contributed by atoms with Crippen LogP contribution in [0, 0.1) is 11.8 Å². The van der Waals surface area contributed by atoms with Crippen LogP contribution in [-0.2, 0) is 9.59 Å². The van der Waals surface area contributed by atoms with Crippen molar-refractivity contribution in [1.82, 2.24) is 5.32 Å². The normalized spacial score (nSPS) is 20.1. The minimum absolute atomic E-state index is 0.0161. The summed E-state index contributed by atoms with van der Waals surface area (Å²) in [6, 6.07) is 7.18. The van der Waals surface area contributed by atoms with Crippen molar-refractivity contribution in [1.29, 1.82) is 0 Å². The van der Waals surface area contributed by atoms with Crippen molar-refractivity contribution in [2.24, 2.45) is 11.8 Å². The molecule has 2 unspecified atom stereocenters. The fraction of sp³-hybridized carbons (Fsp3) is 0.467. The number of methoxy groups -OCH3 is 1. The maximum Gasteiger partial charge on any atom is 0.228 e. The molecule has 2 rings (SSSR count). The summed E-state index contributed by atoms with van der Waals surface area (Å²) in [6.07, 6.45) is 1.53. The molecule has 1 aromatic carbocycles. The van der Waals surface area contributed by atoms with Crippen molar-refractivity contribution >= 4 is 17.5 Å². The molecule has 0 spiro atoms. The lowest BCUT2D eigenvalue weighted by Gasteiger charge is -2.07. The Labute approximate surface area is 118 Å². The molecule has 1 fully saturated rings. The zero-order chi connectivity index (χ0) is 14.5. The van der Waals surface area contributed by atoms with Gasteiger partial charge >= 0.3 is 0 Å². The second-order valence-corrected chi connectivity index (χ2v) is 4.96. The highest BCUT2D eigenvalue weighted by Crippen LogP contribution is 2.39. The predicted molar refractivity (Wildman–Crippen MR) is 76.5 cm³/mol. The monoisotopic (exact) mass is 276 g/mol. The van der Waals surface area contributed by atoms with Crippen LogP contribution in [0.4, 0.5) is 5.69 Å². The predicted octanol–water partition coefficient (Wildman–Crippen LogP) is 1.80. The molecule has 0 aromatic heterocycles. The molecule has 20 heavy (non-hydrogen) atoms. The third-order valence-electron chi connectivity index (χ3n) is 3.35. The highest BCUT2D eigenvalue weighted by Gasteiger charge is 2.47. The van der Waals surface area contributed by atoms with Gasteiger partial charge in [-0.3, -0.25) is 9.59 Å². The van der Waals surface area contributed by atoms with Gasteiger partial charge < -0.3 is 15.4 Å². The van der Waals surface area contributed by atoms with Crippen molar-refractivity contribution in [2.75, 3.05) is 19.0 Å². The molecule has 1 aromatic rings. The Morgan fingerprint density at radius 2 is 2.05 bits per heavy atom. The van der Waals surface area contributed by atoms with Crippen LogP contribution in [-0.4, -0.2) is 25.5 Å². The number of hydrogen-bond acceptors (Lipinski definition) is 3. The van der Waals surface area contributed by atoms with Crippen LogP contribution in [0.25, 0.3) is 0 Å². The fourth-order valence-electron chi connectivity index (χ4n) is 2.09. The van der Waals surface area contributed by atoms with Crippen LogP contribution in [0.5, 0.6) is 5.75 Å². The molecule has 0 aliphatic heterocycles. The number of nitrogens with one attached hydrogen (secondary N) is 2. The topological polar surface area (TPSA) is 67.4 Å². The largest absolute Gasteiger partial charge is 0.497 e. The Morgan fingerprint density at radius 3 is 2.75 bits per heavy atom. The molecule has 0 saturated heterocycles. The highest BCUT2D eigenvalue weighted by atomic mass is 16.5. The summed E-state index contributed by atoms with van der Waals surface area (Å²) in [6.45, 7) is 2.67. The SMILES string of the molecule is CCCNC(=O)C1CC1C(=O)Nc1cccc(OC)c1. The first-order valence-corrected chi connectivity index (χ1v) is 6.88. The molecule has 0 bridgehead atoms. The molecule has 2 N–H and O–H groups in total. The van der Waals surface area contributed by atoms with Crippen LogP contribution in [0.2, 0.25) is 0 Å². The number of ether oxygens (including phenoxy) is 1. The zero-order valence-corrected chi connectivity index (χ0v) is 11.8. The Morgan fingerprint density at radius 1 is 1.30 bits per heavy atom. The summed E-state index contributed by atoms with van der Waals surface area (Å²) in [5, 5.41) is 5.64. The summed E-state index contributed by atoms with van der Waals surface area (Å²) in [5.74, 6) is 0.189. The third-order valence-corrected chi connectivity index (χ3v) is 3.35. The van der Waals surface area contributed by atoms with Crippen molar-refractivity contribution in [3.63, 3.8) is 0 Å². The molecule has 1 saturated carbocycles. The van der Waals surface area contributed by atoms with Gasteiger partial charge in [0.05, 0.1) is 18.9 Å². The molecular weight excluding hydrogens is 256 g/mol. The van der Waals surface area contributed by atoms with E-state index in [1.54, 1.807) is 19.2 Å². The quantitative estimate of drug-likeness (QED) is 0.832. The van der Waals surface area contributed by atoms with Crippen molar-refractivity contribution < 1.29 is 14.3 Å². The number of carbonyl (C=O) groups is 2. The zero-order valence-electron chi connectivity index (χ0n) is 11.8. The Kier molecular flexibility index (Phi) is 4.61. The number of rotatable bonds is 6. The number of hydrogen-bond donors (Lipinski definition) is 2. The lowest BCUT2D eigenvalue weighted by atomic mass is 10.2. The van der Waals surface area contributed by atoms with E-state index in [1.807, 2.05) is 19.1 Å². The molecule has 2 atom stereocenters. The van der Waals surface area contributed by atoms with Crippen molar-refractivity contribution in [3.05, 3.63) is 24.3 Å². The second-order valence-electron chi connectivity index (χ2n) is 4.96. The second kappa shape index (κ2) is 6.41. The molecule has 0 heterocycles. The lowest BCUT2D eigenvalue weighted by Crippen LogP contribution is -2.27. The van der Waals surface area contributed by atoms with E-state index in [-0.39, 0.29) is 23.7 Å². The summed E-state index contributed by atoms with van der Waals surface area (Å²) in [7, 11) is 1.58. The van der Waals surface area contributed by atoms with E-state index in [0.29, 0.717) is 24.4 Å². The number of anilines is 1. The summed E-state index contributed by atoms with van der Waals surface area (Å²) in [5.41, 5.74) is 0.689. The van der Waals surface area contributed by atoms with Gasteiger partial charge in [-0.05, 0) is 25.0 Å². The first-order chi connectivity index (χ1) is 9.65. The van der Waals surface area contributed by atoms with E-state index in [9.17, 15) is 9.59 Å². The van der Waals surface area contributed by atoms with E-state index >= 15 is 0 Å². The van der Waals surface area contributed by atoms with E-state index in [4.69, 9.17) is 4.74 Å². The van der Waals surface area contributed by atoms with E-state index < -0.39 is 0 Å². The van der Waals surface area contributed by atoms with Crippen LogP contribution in [0.3, 0.4) is 0 Å². The number of benzene rings is 1. The third kappa shape index (κ3) is 3.50. The highest BCUT2D eigenvalue weighted by molar-refractivity contribution is 5.99. The van der Waals surface area contributed by atoms with Gasteiger partial charge in [0.15, 0.2) is 0 Å².